The molecule has 0 unspecified atom stereocenters. The second-order valence-electron chi connectivity index (χ2n) is 4.66. The number of aromatic nitrogens is 2. The molecule has 1 aromatic heterocycles. The first-order valence-corrected chi connectivity index (χ1v) is 5.97. The van der Waals surface area contributed by atoms with Gasteiger partial charge >= 0.3 is 0 Å². The van der Waals surface area contributed by atoms with E-state index in [-0.39, 0.29) is 0 Å². The van der Waals surface area contributed by atoms with Crippen LogP contribution in [0.1, 0.15) is 36.6 Å². The van der Waals surface area contributed by atoms with E-state index in [1.165, 1.54) is 11.3 Å². The average molecular weight is 229 g/mol. The molecule has 0 saturated heterocycles. The summed E-state index contributed by atoms with van der Waals surface area (Å²) in [7, 11) is 0. The molecule has 0 atom stereocenters. The predicted octanol–water partition coefficient (Wildman–Crippen LogP) is 2.76. The van der Waals surface area contributed by atoms with Crippen LogP contribution in [-0.4, -0.2) is 9.78 Å². The van der Waals surface area contributed by atoms with Crippen LogP contribution in [0, 0.1) is 6.92 Å². The maximum Gasteiger partial charge on any atom is 0.0651 e. The van der Waals surface area contributed by atoms with Crippen molar-refractivity contribution in [2.45, 2.75) is 33.2 Å². The number of rotatable bonds is 3. The lowest BCUT2D eigenvalue weighted by molar-refractivity contribution is 0.725. The van der Waals surface area contributed by atoms with Crippen LogP contribution in [0.5, 0.6) is 0 Å². The van der Waals surface area contributed by atoms with Crippen molar-refractivity contribution in [1.82, 2.24) is 9.78 Å². The molecule has 2 N–H and O–H groups in total. The quantitative estimate of drug-likeness (QED) is 0.879. The van der Waals surface area contributed by atoms with Gasteiger partial charge in [-0.1, -0.05) is 26.0 Å². The Morgan fingerprint density at radius 3 is 2.71 bits per heavy atom. The summed E-state index contributed by atoms with van der Waals surface area (Å²) < 4.78 is 2.00. The van der Waals surface area contributed by atoms with Gasteiger partial charge in [-0.2, -0.15) is 5.10 Å². The topological polar surface area (TPSA) is 43.8 Å². The highest BCUT2D eigenvalue weighted by atomic mass is 15.3. The van der Waals surface area contributed by atoms with Gasteiger partial charge in [0.05, 0.1) is 17.6 Å². The van der Waals surface area contributed by atoms with Crippen LogP contribution >= 0.6 is 0 Å². The Bertz CT molecular complexity index is 512. The van der Waals surface area contributed by atoms with E-state index in [9.17, 15) is 0 Å². The zero-order valence-electron chi connectivity index (χ0n) is 10.6. The third kappa shape index (κ3) is 2.24. The molecule has 0 fully saturated rings. The molecule has 1 heterocycles. The smallest absolute Gasteiger partial charge is 0.0651 e. The highest BCUT2D eigenvalue weighted by Crippen LogP contribution is 2.22. The van der Waals surface area contributed by atoms with Crippen molar-refractivity contribution in [3.05, 3.63) is 47.3 Å². The molecule has 0 amide bonds. The third-order valence-electron chi connectivity index (χ3n) is 2.90. The Hall–Kier alpha value is -1.61. The lowest BCUT2D eigenvalue weighted by Gasteiger charge is -2.12. The molecule has 0 bridgehead atoms. The number of benzene rings is 1. The van der Waals surface area contributed by atoms with Crippen LogP contribution in [0.15, 0.2) is 30.5 Å². The van der Waals surface area contributed by atoms with E-state index < -0.39 is 0 Å². The number of hydrogen-bond acceptors (Lipinski definition) is 2. The zero-order valence-corrected chi connectivity index (χ0v) is 10.6. The summed E-state index contributed by atoms with van der Waals surface area (Å²) in [4.78, 5) is 0. The molecule has 3 nitrogen and oxygen atoms in total. The van der Waals surface area contributed by atoms with Crippen molar-refractivity contribution in [3.8, 4) is 5.69 Å². The molecule has 0 saturated carbocycles. The van der Waals surface area contributed by atoms with Crippen LogP contribution in [0.3, 0.4) is 0 Å². The van der Waals surface area contributed by atoms with E-state index in [2.05, 4.69) is 50.1 Å². The highest BCUT2D eigenvalue weighted by Gasteiger charge is 2.14. The fraction of sp³-hybridized carbons (Fsp3) is 0.357. The van der Waals surface area contributed by atoms with Crippen molar-refractivity contribution in [2.24, 2.45) is 5.73 Å². The van der Waals surface area contributed by atoms with Gasteiger partial charge in [0.1, 0.15) is 0 Å². The highest BCUT2D eigenvalue weighted by molar-refractivity contribution is 5.38. The molecule has 0 spiro atoms. The first-order chi connectivity index (χ1) is 8.13. The van der Waals surface area contributed by atoms with E-state index in [4.69, 9.17) is 5.73 Å². The van der Waals surface area contributed by atoms with E-state index in [0.29, 0.717) is 12.5 Å². The second-order valence-corrected chi connectivity index (χ2v) is 4.66. The van der Waals surface area contributed by atoms with E-state index in [1.54, 1.807) is 0 Å². The van der Waals surface area contributed by atoms with Crippen LogP contribution in [0.4, 0.5) is 0 Å². The zero-order chi connectivity index (χ0) is 12.4. The fourth-order valence-corrected chi connectivity index (χ4v) is 2.13. The van der Waals surface area contributed by atoms with E-state index in [0.717, 1.165) is 11.3 Å². The Kier molecular flexibility index (Phi) is 3.29. The predicted molar refractivity (Wildman–Crippen MR) is 70.3 cm³/mol. The Balaban J connectivity index is 2.56. The molecule has 2 aromatic rings. The van der Waals surface area contributed by atoms with Crippen molar-refractivity contribution in [3.63, 3.8) is 0 Å². The molecule has 90 valence electrons. The van der Waals surface area contributed by atoms with E-state index in [1.807, 2.05) is 10.9 Å². The molecule has 17 heavy (non-hydrogen) atoms. The van der Waals surface area contributed by atoms with Crippen molar-refractivity contribution < 1.29 is 0 Å². The van der Waals surface area contributed by atoms with Gasteiger partial charge in [-0.15, -0.1) is 0 Å². The largest absolute Gasteiger partial charge is 0.326 e. The minimum absolute atomic E-state index is 0.413. The van der Waals surface area contributed by atoms with Gasteiger partial charge in [0, 0.05) is 12.1 Å². The fourth-order valence-electron chi connectivity index (χ4n) is 2.13. The summed E-state index contributed by atoms with van der Waals surface area (Å²) in [6.07, 6.45) is 1.87. The molecular formula is C14H19N3. The lowest BCUT2D eigenvalue weighted by atomic mass is 10.1. The minimum Gasteiger partial charge on any atom is -0.326 e. The third-order valence-corrected chi connectivity index (χ3v) is 2.90. The van der Waals surface area contributed by atoms with Gasteiger partial charge in [0.15, 0.2) is 0 Å². The maximum absolute atomic E-state index is 5.76. The first kappa shape index (κ1) is 11.9. The molecule has 0 radical (unpaired) electrons. The van der Waals surface area contributed by atoms with Gasteiger partial charge < -0.3 is 5.73 Å². The summed E-state index contributed by atoms with van der Waals surface area (Å²) >= 11 is 0. The van der Waals surface area contributed by atoms with E-state index >= 15 is 0 Å². The summed E-state index contributed by atoms with van der Waals surface area (Å²) in [6, 6.07) is 8.36. The molecule has 1 aromatic carbocycles. The number of hydrogen-bond donors (Lipinski definition) is 1. The maximum atomic E-state index is 5.76. The van der Waals surface area contributed by atoms with Gasteiger partial charge in [0.2, 0.25) is 0 Å². The summed E-state index contributed by atoms with van der Waals surface area (Å²) in [5.41, 5.74) is 10.4. The standard InChI is InChI=1S/C14H19N3/c1-10(2)14-12(8-15)9-16-17(14)13-6-4-5-11(3)7-13/h4-7,9-10H,8,15H2,1-3H3. The summed E-state index contributed by atoms with van der Waals surface area (Å²) in [5.74, 6) is 0.413. The number of nitrogens with two attached hydrogens (primary N) is 1. The molecule has 2 rings (SSSR count). The van der Waals surface area contributed by atoms with Crippen molar-refractivity contribution >= 4 is 0 Å². The van der Waals surface area contributed by atoms with Crippen molar-refractivity contribution in [1.29, 1.82) is 0 Å². The second kappa shape index (κ2) is 4.72. The molecule has 3 heteroatoms. The Morgan fingerprint density at radius 2 is 2.12 bits per heavy atom. The van der Waals surface area contributed by atoms with Crippen LogP contribution < -0.4 is 5.73 Å². The Morgan fingerprint density at radius 1 is 1.35 bits per heavy atom. The monoisotopic (exact) mass is 229 g/mol. The van der Waals surface area contributed by atoms with Crippen LogP contribution in [0.25, 0.3) is 5.69 Å². The van der Waals surface area contributed by atoms with Gasteiger partial charge in [-0.3, -0.25) is 0 Å². The normalized spacial score (nSPS) is 11.1. The number of nitrogens with zero attached hydrogens (tertiary/aromatic N) is 2. The van der Waals surface area contributed by atoms with Gasteiger partial charge in [-0.25, -0.2) is 4.68 Å². The molecule has 0 aliphatic carbocycles. The van der Waals surface area contributed by atoms with Crippen molar-refractivity contribution in [2.75, 3.05) is 0 Å². The SMILES string of the molecule is Cc1cccc(-n2ncc(CN)c2C(C)C)c1. The molecule has 0 aliphatic heterocycles. The summed E-state index contributed by atoms with van der Waals surface area (Å²) in [5, 5.41) is 4.46. The van der Waals surface area contributed by atoms with Crippen LogP contribution in [0.2, 0.25) is 0 Å². The van der Waals surface area contributed by atoms with Gasteiger partial charge in [-0.05, 0) is 30.5 Å². The number of aryl methyl sites for hydroxylation is 1. The lowest BCUT2D eigenvalue weighted by Crippen LogP contribution is -2.07. The minimum atomic E-state index is 0.413. The van der Waals surface area contributed by atoms with Crippen LogP contribution in [-0.2, 0) is 6.54 Å². The van der Waals surface area contributed by atoms with Gasteiger partial charge in [0.25, 0.3) is 0 Å². The first-order valence-electron chi connectivity index (χ1n) is 5.97. The molecule has 0 aliphatic rings. The molecular weight excluding hydrogens is 210 g/mol. The summed E-state index contributed by atoms with van der Waals surface area (Å²) in [6.45, 7) is 6.97. The Labute approximate surface area is 102 Å². The average Bonchev–Trinajstić information content (AvgIpc) is 2.72.